The maximum Gasteiger partial charge on any atom is 0.339 e. The second-order valence-corrected chi connectivity index (χ2v) is 2.56. The molecule has 14 heavy (non-hydrogen) atoms. The van der Waals surface area contributed by atoms with E-state index in [1.165, 1.54) is 20.4 Å². The Bertz CT molecular complexity index is 297. The molecule has 5 heteroatoms. The van der Waals surface area contributed by atoms with Crippen LogP contribution in [0.4, 0.5) is 0 Å². The molecule has 5 nitrogen and oxygen atoms in total. The van der Waals surface area contributed by atoms with Gasteiger partial charge in [0.25, 0.3) is 0 Å². The van der Waals surface area contributed by atoms with Crippen LogP contribution in [0.5, 0.6) is 0 Å². The van der Waals surface area contributed by atoms with Crippen LogP contribution in [-0.4, -0.2) is 25.2 Å². The van der Waals surface area contributed by atoms with E-state index >= 15 is 0 Å². The van der Waals surface area contributed by atoms with Crippen LogP contribution in [0.3, 0.4) is 0 Å². The number of hydrogen-bond acceptors (Lipinski definition) is 5. The Labute approximate surface area is 82.0 Å². The zero-order valence-corrected chi connectivity index (χ0v) is 8.11. The summed E-state index contributed by atoms with van der Waals surface area (Å²) >= 11 is 0. The average Bonchev–Trinajstić information content (AvgIpc) is 2.26. The number of rotatable bonds is 4. The number of methoxy groups -OCH3 is 1. The first-order valence-electron chi connectivity index (χ1n) is 4.07. The molecule has 0 unspecified atom stereocenters. The van der Waals surface area contributed by atoms with Crippen LogP contribution >= 0.6 is 0 Å². The summed E-state index contributed by atoms with van der Waals surface area (Å²) in [4.78, 5) is 19.7. The van der Waals surface area contributed by atoms with Crippen molar-refractivity contribution in [3.05, 3.63) is 29.6 Å². The quantitative estimate of drug-likeness (QED) is 0.562. The number of hydroxylamine groups is 1. The van der Waals surface area contributed by atoms with Crippen molar-refractivity contribution in [3.8, 4) is 0 Å². The molecule has 1 rings (SSSR count). The van der Waals surface area contributed by atoms with E-state index in [2.05, 4.69) is 20.0 Å². The Morgan fingerprint density at radius 3 is 2.79 bits per heavy atom. The molecular formula is C9H12N2O3. The highest BCUT2D eigenvalue weighted by molar-refractivity contribution is 5.88. The number of carbonyl (C=O) groups excluding carboxylic acids is 1. The topological polar surface area (TPSA) is 60.5 Å². The van der Waals surface area contributed by atoms with Crippen molar-refractivity contribution in [1.82, 2.24) is 10.5 Å². The van der Waals surface area contributed by atoms with Crippen LogP contribution < -0.4 is 5.48 Å². The normalized spacial score (nSPS) is 9.86. The fraction of sp³-hybridized carbons (Fsp3) is 0.333. The smallest absolute Gasteiger partial charge is 0.339 e. The molecule has 0 fully saturated rings. The molecule has 0 spiro atoms. The van der Waals surface area contributed by atoms with Gasteiger partial charge < -0.3 is 9.57 Å². The van der Waals surface area contributed by atoms with Crippen LogP contribution in [0, 0.1) is 0 Å². The van der Waals surface area contributed by atoms with Gasteiger partial charge in [0.1, 0.15) is 0 Å². The number of hydrogen-bond donors (Lipinski definition) is 1. The SMILES string of the molecule is CONCc1ccc(C(=O)OC)cn1. The number of carbonyl (C=O) groups is 1. The average molecular weight is 196 g/mol. The summed E-state index contributed by atoms with van der Waals surface area (Å²) in [5.74, 6) is -0.385. The highest BCUT2D eigenvalue weighted by atomic mass is 16.6. The van der Waals surface area contributed by atoms with Gasteiger partial charge >= 0.3 is 5.97 Å². The first kappa shape index (κ1) is 10.6. The van der Waals surface area contributed by atoms with Crippen LogP contribution in [-0.2, 0) is 16.1 Å². The molecule has 1 aromatic rings. The van der Waals surface area contributed by atoms with Gasteiger partial charge in [0.2, 0.25) is 0 Å². The van der Waals surface area contributed by atoms with E-state index < -0.39 is 0 Å². The molecule has 1 aromatic heterocycles. The Morgan fingerprint density at radius 1 is 1.50 bits per heavy atom. The van der Waals surface area contributed by atoms with Gasteiger partial charge in [-0.2, -0.15) is 5.48 Å². The third-order valence-corrected chi connectivity index (χ3v) is 1.64. The third kappa shape index (κ3) is 2.79. The van der Waals surface area contributed by atoms with Crippen molar-refractivity contribution in [2.24, 2.45) is 0 Å². The number of esters is 1. The molecule has 0 saturated heterocycles. The number of pyridine rings is 1. The van der Waals surface area contributed by atoms with Crippen molar-refractivity contribution < 1.29 is 14.4 Å². The first-order chi connectivity index (χ1) is 6.77. The second-order valence-electron chi connectivity index (χ2n) is 2.56. The van der Waals surface area contributed by atoms with Crippen molar-refractivity contribution in [2.75, 3.05) is 14.2 Å². The number of aromatic nitrogens is 1. The van der Waals surface area contributed by atoms with Gasteiger partial charge in [0.05, 0.1) is 32.0 Å². The van der Waals surface area contributed by atoms with Crippen LogP contribution in [0.1, 0.15) is 16.1 Å². The standard InChI is InChI=1S/C9H12N2O3/c1-13-9(12)7-3-4-8(10-5-7)6-11-14-2/h3-5,11H,6H2,1-2H3. The van der Waals surface area contributed by atoms with Gasteiger partial charge in [-0.25, -0.2) is 4.79 Å². The molecule has 76 valence electrons. The molecule has 0 saturated carbocycles. The highest BCUT2D eigenvalue weighted by Crippen LogP contribution is 2.01. The molecule has 0 aliphatic carbocycles. The maximum atomic E-state index is 11.0. The van der Waals surface area contributed by atoms with Gasteiger partial charge in [0.15, 0.2) is 0 Å². The van der Waals surface area contributed by atoms with E-state index in [1.54, 1.807) is 12.1 Å². The minimum absolute atomic E-state index is 0.385. The summed E-state index contributed by atoms with van der Waals surface area (Å²) in [6, 6.07) is 3.39. The molecule has 0 aliphatic heterocycles. The Hall–Kier alpha value is -1.46. The molecular weight excluding hydrogens is 184 g/mol. The lowest BCUT2D eigenvalue weighted by atomic mass is 10.2. The van der Waals surface area contributed by atoms with Gasteiger partial charge in [-0.15, -0.1) is 0 Å². The third-order valence-electron chi connectivity index (χ3n) is 1.64. The lowest BCUT2D eigenvalue weighted by Crippen LogP contribution is -2.12. The van der Waals surface area contributed by atoms with Crippen molar-refractivity contribution >= 4 is 5.97 Å². The zero-order chi connectivity index (χ0) is 10.4. The van der Waals surface area contributed by atoms with Crippen molar-refractivity contribution in [1.29, 1.82) is 0 Å². The van der Waals surface area contributed by atoms with Crippen LogP contribution in [0.15, 0.2) is 18.3 Å². The largest absolute Gasteiger partial charge is 0.465 e. The molecule has 0 aromatic carbocycles. The summed E-state index contributed by atoms with van der Waals surface area (Å²) < 4.78 is 4.54. The predicted molar refractivity (Wildman–Crippen MR) is 49.4 cm³/mol. The van der Waals surface area contributed by atoms with Crippen LogP contribution in [0.25, 0.3) is 0 Å². The van der Waals surface area contributed by atoms with Crippen molar-refractivity contribution in [3.63, 3.8) is 0 Å². The summed E-state index contributed by atoms with van der Waals surface area (Å²) in [7, 11) is 2.87. The Morgan fingerprint density at radius 2 is 2.29 bits per heavy atom. The fourth-order valence-electron chi connectivity index (χ4n) is 0.914. The van der Waals surface area contributed by atoms with Crippen LogP contribution in [0.2, 0.25) is 0 Å². The van der Waals surface area contributed by atoms with Crippen molar-refractivity contribution in [2.45, 2.75) is 6.54 Å². The second kappa shape index (κ2) is 5.31. The lowest BCUT2D eigenvalue weighted by molar-refractivity contribution is 0.0600. The van der Waals surface area contributed by atoms with E-state index in [0.29, 0.717) is 12.1 Å². The molecule has 0 bridgehead atoms. The monoisotopic (exact) mass is 196 g/mol. The lowest BCUT2D eigenvalue weighted by Gasteiger charge is -2.02. The zero-order valence-electron chi connectivity index (χ0n) is 8.11. The summed E-state index contributed by atoms with van der Waals surface area (Å²) in [6.45, 7) is 0.498. The van der Waals surface area contributed by atoms with Gasteiger partial charge in [0, 0.05) is 6.20 Å². The molecule has 1 heterocycles. The summed E-state index contributed by atoms with van der Waals surface area (Å²) in [5, 5.41) is 0. The Balaban J connectivity index is 2.63. The molecule has 0 atom stereocenters. The van der Waals surface area contributed by atoms with E-state index in [0.717, 1.165) is 5.69 Å². The molecule has 0 radical (unpaired) electrons. The minimum atomic E-state index is -0.385. The van der Waals surface area contributed by atoms with E-state index in [-0.39, 0.29) is 5.97 Å². The van der Waals surface area contributed by atoms with E-state index in [9.17, 15) is 4.79 Å². The Kier molecular flexibility index (Phi) is 4.03. The fourth-order valence-corrected chi connectivity index (χ4v) is 0.914. The predicted octanol–water partition coefficient (Wildman–Crippen LogP) is 0.519. The highest BCUT2D eigenvalue weighted by Gasteiger charge is 2.04. The number of nitrogens with one attached hydrogen (secondary N) is 1. The molecule has 0 amide bonds. The van der Waals surface area contributed by atoms with E-state index in [4.69, 9.17) is 0 Å². The van der Waals surface area contributed by atoms with Gasteiger partial charge in [-0.3, -0.25) is 4.98 Å². The summed E-state index contributed by atoms with van der Waals surface area (Å²) in [5.41, 5.74) is 3.88. The minimum Gasteiger partial charge on any atom is -0.465 e. The van der Waals surface area contributed by atoms with Gasteiger partial charge in [-0.1, -0.05) is 0 Å². The number of ether oxygens (including phenoxy) is 1. The van der Waals surface area contributed by atoms with E-state index in [1.807, 2.05) is 0 Å². The maximum absolute atomic E-state index is 11.0. The molecule has 0 aliphatic rings. The number of nitrogens with zero attached hydrogens (tertiary/aromatic N) is 1. The first-order valence-corrected chi connectivity index (χ1v) is 4.07. The molecule has 1 N–H and O–H groups in total. The van der Waals surface area contributed by atoms with Gasteiger partial charge in [-0.05, 0) is 12.1 Å². The summed E-state index contributed by atoms with van der Waals surface area (Å²) in [6.07, 6.45) is 1.47.